The van der Waals surface area contributed by atoms with E-state index in [0.717, 1.165) is 47.9 Å². The third-order valence-corrected chi connectivity index (χ3v) is 5.13. The highest BCUT2D eigenvalue weighted by molar-refractivity contribution is 7.15. The van der Waals surface area contributed by atoms with Gasteiger partial charge in [0, 0.05) is 23.9 Å². The minimum absolute atomic E-state index is 0.0699. The first-order chi connectivity index (χ1) is 13.1. The quantitative estimate of drug-likeness (QED) is 0.608. The summed E-state index contributed by atoms with van der Waals surface area (Å²) in [4.78, 5) is 19.5. The van der Waals surface area contributed by atoms with Crippen molar-refractivity contribution in [2.24, 2.45) is 0 Å². The molecule has 0 bridgehead atoms. The molecule has 0 aliphatic rings. The summed E-state index contributed by atoms with van der Waals surface area (Å²) in [6.07, 6.45) is 2.72. The Kier molecular flexibility index (Phi) is 6.41. The minimum atomic E-state index is -0.0699. The molecule has 7 nitrogen and oxygen atoms in total. The van der Waals surface area contributed by atoms with Gasteiger partial charge in [-0.1, -0.05) is 25.5 Å². The molecule has 144 valence electrons. The zero-order chi connectivity index (χ0) is 19.2. The fraction of sp³-hybridized carbons (Fsp3) is 0.421. The van der Waals surface area contributed by atoms with Gasteiger partial charge in [-0.25, -0.2) is 4.52 Å². The van der Waals surface area contributed by atoms with Crippen molar-refractivity contribution in [3.05, 3.63) is 29.6 Å². The van der Waals surface area contributed by atoms with Crippen LogP contribution in [0.2, 0.25) is 0 Å². The molecule has 0 aliphatic heterocycles. The Hall–Kier alpha value is -2.45. The summed E-state index contributed by atoms with van der Waals surface area (Å²) >= 11 is 1.49. The summed E-state index contributed by atoms with van der Waals surface area (Å²) in [7, 11) is 3.68. The van der Waals surface area contributed by atoms with Crippen LogP contribution in [0.3, 0.4) is 0 Å². The van der Waals surface area contributed by atoms with Gasteiger partial charge in [-0.15, -0.1) is 16.4 Å². The Balaban J connectivity index is 1.67. The Morgan fingerprint density at radius 3 is 3.00 bits per heavy atom. The third-order valence-electron chi connectivity index (χ3n) is 4.31. The van der Waals surface area contributed by atoms with E-state index in [1.165, 1.54) is 11.3 Å². The lowest BCUT2D eigenvalue weighted by molar-refractivity contribution is -0.116. The van der Waals surface area contributed by atoms with Gasteiger partial charge in [0.25, 0.3) is 0 Å². The van der Waals surface area contributed by atoms with E-state index in [0.29, 0.717) is 12.4 Å². The molecule has 1 amide bonds. The zero-order valence-corrected chi connectivity index (χ0v) is 16.8. The van der Waals surface area contributed by atoms with Crippen LogP contribution >= 0.6 is 11.3 Å². The van der Waals surface area contributed by atoms with E-state index in [2.05, 4.69) is 27.2 Å². The van der Waals surface area contributed by atoms with Crippen molar-refractivity contribution in [3.63, 3.8) is 0 Å². The Morgan fingerprint density at radius 2 is 2.22 bits per heavy atom. The second-order valence-corrected chi connectivity index (χ2v) is 7.27. The fourth-order valence-corrected chi connectivity index (χ4v) is 3.57. The van der Waals surface area contributed by atoms with Crippen molar-refractivity contribution in [1.82, 2.24) is 19.5 Å². The molecule has 1 aromatic carbocycles. The molecule has 0 radical (unpaired) electrons. The molecule has 0 unspecified atom stereocenters. The van der Waals surface area contributed by atoms with E-state index < -0.39 is 0 Å². The first kappa shape index (κ1) is 19.3. The predicted molar refractivity (Wildman–Crippen MR) is 109 cm³/mol. The van der Waals surface area contributed by atoms with Crippen molar-refractivity contribution < 1.29 is 9.53 Å². The van der Waals surface area contributed by atoms with Gasteiger partial charge in [-0.05, 0) is 32.1 Å². The highest BCUT2D eigenvalue weighted by Gasteiger charge is 2.14. The van der Waals surface area contributed by atoms with Crippen LogP contribution in [-0.4, -0.2) is 52.7 Å². The number of anilines is 1. The van der Waals surface area contributed by atoms with Gasteiger partial charge in [-0.2, -0.15) is 4.98 Å². The van der Waals surface area contributed by atoms with Crippen LogP contribution in [0.15, 0.2) is 29.6 Å². The molecule has 0 atom stereocenters. The predicted octanol–water partition coefficient (Wildman–Crippen LogP) is 3.53. The van der Waals surface area contributed by atoms with Crippen LogP contribution in [0.5, 0.6) is 5.75 Å². The van der Waals surface area contributed by atoms with Gasteiger partial charge in [0.15, 0.2) is 0 Å². The molecule has 0 saturated heterocycles. The number of methoxy groups -OCH3 is 1. The Bertz CT molecular complexity index is 905. The van der Waals surface area contributed by atoms with Gasteiger partial charge in [0.1, 0.15) is 5.75 Å². The summed E-state index contributed by atoms with van der Waals surface area (Å²) in [5.74, 6) is 1.06. The minimum Gasteiger partial charge on any atom is -0.497 e. The molecular formula is C19H25N5O2S. The summed E-state index contributed by atoms with van der Waals surface area (Å²) in [6, 6.07) is 7.79. The normalized spacial score (nSPS) is 11.3. The second-order valence-electron chi connectivity index (χ2n) is 6.44. The number of thiazole rings is 1. The lowest BCUT2D eigenvalue weighted by Crippen LogP contribution is -2.25. The Morgan fingerprint density at radius 1 is 1.37 bits per heavy atom. The highest BCUT2D eigenvalue weighted by Crippen LogP contribution is 2.28. The van der Waals surface area contributed by atoms with Crippen molar-refractivity contribution in [2.45, 2.75) is 26.2 Å². The molecule has 0 fully saturated rings. The van der Waals surface area contributed by atoms with Crippen molar-refractivity contribution >= 4 is 28.2 Å². The molecular weight excluding hydrogens is 362 g/mol. The monoisotopic (exact) mass is 387 g/mol. The number of carbonyl (C=O) groups is 1. The van der Waals surface area contributed by atoms with Crippen LogP contribution in [0.25, 0.3) is 16.2 Å². The van der Waals surface area contributed by atoms with Crippen molar-refractivity contribution in [1.29, 1.82) is 0 Å². The number of nitrogens with one attached hydrogen (secondary N) is 1. The standard InChI is InChI=1S/C19H25N5O2S/c1-4-5-10-23(2)11-9-17(25)20-18-21-19-24(22-18)16(13-27-19)14-7-6-8-15(12-14)26-3/h6-8,12-13H,4-5,9-11H2,1-3H3,(H,20,22,25). The SMILES string of the molecule is CCCCN(C)CCC(=O)Nc1nc2scc(-c3cccc(OC)c3)n2n1. The third kappa shape index (κ3) is 4.84. The van der Waals surface area contributed by atoms with Gasteiger partial charge in [0.2, 0.25) is 16.8 Å². The van der Waals surface area contributed by atoms with Crippen molar-refractivity contribution in [2.75, 3.05) is 32.6 Å². The van der Waals surface area contributed by atoms with Gasteiger partial charge < -0.3 is 9.64 Å². The smallest absolute Gasteiger partial charge is 0.250 e. The fourth-order valence-electron chi connectivity index (χ4n) is 2.73. The van der Waals surface area contributed by atoms with Crippen LogP contribution in [0.1, 0.15) is 26.2 Å². The summed E-state index contributed by atoms with van der Waals surface area (Å²) in [6.45, 7) is 3.89. The number of nitrogens with zero attached hydrogens (tertiary/aromatic N) is 4. The van der Waals surface area contributed by atoms with Crippen LogP contribution in [-0.2, 0) is 4.79 Å². The van der Waals surface area contributed by atoms with Crippen LogP contribution in [0, 0.1) is 0 Å². The Labute approximate surface area is 163 Å². The summed E-state index contributed by atoms with van der Waals surface area (Å²) < 4.78 is 7.04. The highest BCUT2D eigenvalue weighted by atomic mass is 32.1. The van der Waals surface area contributed by atoms with Crippen molar-refractivity contribution in [3.8, 4) is 17.0 Å². The molecule has 8 heteroatoms. The average molecular weight is 388 g/mol. The maximum atomic E-state index is 12.2. The zero-order valence-electron chi connectivity index (χ0n) is 15.9. The van der Waals surface area contributed by atoms with E-state index in [9.17, 15) is 4.79 Å². The molecule has 27 heavy (non-hydrogen) atoms. The molecule has 0 saturated carbocycles. The number of hydrogen-bond donors (Lipinski definition) is 1. The molecule has 2 heterocycles. The average Bonchev–Trinajstić information content (AvgIpc) is 3.24. The lowest BCUT2D eigenvalue weighted by atomic mass is 10.2. The summed E-state index contributed by atoms with van der Waals surface area (Å²) in [5, 5.41) is 9.25. The van der Waals surface area contributed by atoms with Crippen LogP contribution < -0.4 is 10.1 Å². The molecule has 3 aromatic rings. The van der Waals surface area contributed by atoms with E-state index in [4.69, 9.17) is 4.74 Å². The maximum absolute atomic E-state index is 12.2. The molecule has 2 aromatic heterocycles. The second kappa shape index (κ2) is 8.96. The van der Waals surface area contributed by atoms with E-state index in [1.54, 1.807) is 11.6 Å². The number of rotatable bonds is 9. The number of carbonyl (C=O) groups excluding carboxylic acids is 1. The largest absolute Gasteiger partial charge is 0.497 e. The molecule has 3 rings (SSSR count). The maximum Gasteiger partial charge on any atom is 0.250 e. The van der Waals surface area contributed by atoms with Gasteiger partial charge in [0.05, 0.1) is 12.8 Å². The van der Waals surface area contributed by atoms with Gasteiger partial charge in [-0.3, -0.25) is 10.1 Å². The first-order valence-electron chi connectivity index (χ1n) is 9.07. The molecule has 0 spiro atoms. The first-order valence-corrected chi connectivity index (χ1v) is 9.95. The van der Waals surface area contributed by atoms with E-state index in [-0.39, 0.29) is 5.91 Å². The number of benzene rings is 1. The number of aromatic nitrogens is 3. The number of ether oxygens (including phenoxy) is 1. The molecule has 0 aliphatic carbocycles. The van der Waals surface area contributed by atoms with Crippen LogP contribution in [0.4, 0.5) is 5.95 Å². The van der Waals surface area contributed by atoms with E-state index in [1.807, 2.05) is 36.7 Å². The number of unbranched alkanes of at least 4 members (excludes halogenated alkanes) is 1. The van der Waals surface area contributed by atoms with E-state index >= 15 is 0 Å². The number of fused-ring (bicyclic) bond motifs is 1. The van der Waals surface area contributed by atoms with Gasteiger partial charge >= 0.3 is 0 Å². The number of hydrogen-bond acceptors (Lipinski definition) is 6. The number of amides is 1. The topological polar surface area (TPSA) is 71.8 Å². The lowest BCUT2D eigenvalue weighted by Gasteiger charge is -2.15. The summed E-state index contributed by atoms with van der Waals surface area (Å²) in [5.41, 5.74) is 1.90. The molecule has 1 N–H and O–H groups in total.